The van der Waals surface area contributed by atoms with Gasteiger partial charge in [0.05, 0.1) is 25.6 Å². The molecule has 1 aromatic heterocycles. The Balaban J connectivity index is 2.23. The molecule has 0 aliphatic heterocycles. The van der Waals surface area contributed by atoms with E-state index >= 15 is 0 Å². The van der Waals surface area contributed by atoms with Crippen molar-refractivity contribution in [3.8, 4) is 22.8 Å². The van der Waals surface area contributed by atoms with E-state index < -0.39 is 0 Å². The first-order valence-corrected chi connectivity index (χ1v) is 10.6. The van der Waals surface area contributed by atoms with Crippen LogP contribution < -0.4 is 14.3 Å². The molecule has 5 nitrogen and oxygen atoms in total. The maximum Gasteiger partial charge on any atom is 0.206 e. The van der Waals surface area contributed by atoms with Crippen LogP contribution in [0, 0.1) is 5.82 Å². The smallest absolute Gasteiger partial charge is 0.206 e. The van der Waals surface area contributed by atoms with E-state index in [1.54, 1.807) is 26.4 Å². The zero-order valence-electron chi connectivity index (χ0n) is 17.8. The van der Waals surface area contributed by atoms with Gasteiger partial charge in [0, 0.05) is 23.1 Å². The Morgan fingerprint density at radius 1 is 1.10 bits per heavy atom. The number of thiazole rings is 1. The van der Waals surface area contributed by atoms with Gasteiger partial charge in [-0.1, -0.05) is 19.1 Å². The van der Waals surface area contributed by atoms with Gasteiger partial charge in [-0.25, -0.2) is 9.07 Å². The van der Waals surface area contributed by atoms with Crippen LogP contribution in [0.5, 0.6) is 11.5 Å². The SMILES string of the molecule is CCC(=Nn1c(-c2ccc(OC)cc2OC)csc1=NC(C)C)c1ccc(F)cc1. The number of hydrogen-bond donors (Lipinski definition) is 0. The summed E-state index contributed by atoms with van der Waals surface area (Å²) in [6.45, 7) is 6.09. The van der Waals surface area contributed by atoms with Gasteiger partial charge in [-0.3, -0.25) is 4.99 Å². The molecule has 0 amide bonds. The topological polar surface area (TPSA) is 48.1 Å². The lowest BCUT2D eigenvalue weighted by atomic mass is 10.1. The highest BCUT2D eigenvalue weighted by molar-refractivity contribution is 7.07. The molecule has 0 unspecified atom stereocenters. The molecule has 1 heterocycles. The summed E-state index contributed by atoms with van der Waals surface area (Å²) in [5.41, 5.74) is 3.47. The van der Waals surface area contributed by atoms with Crippen molar-refractivity contribution in [3.63, 3.8) is 0 Å². The Labute approximate surface area is 180 Å². The summed E-state index contributed by atoms with van der Waals surface area (Å²) in [4.78, 5) is 5.52. The van der Waals surface area contributed by atoms with Crippen LogP contribution in [0.4, 0.5) is 4.39 Å². The van der Waals surface area contributed by atoms with Crippen LogP contribution in [-0.4, -0.2) is 30.6 Å². The van der Waals surface area contributed by atoms with Gasteiger partial charge in [0.25, 0.3) is 0 Å². The molecule has 0 bridgehead atoms. The van der Waals surface area contributed by atoms with Gasteiger partial charge >= 0.3 is 0 Å². The van der Waals surface area contributed by atoms with Crippen molar-refractivity contribution >= 4 is 17.0 Å². The fraction of sp³-hybridized carbons (Fsp3) is 0.304. The summed E-state index contributed by atoms with van der Waals surface area (Å²) in [5, 5.41) is 6.95. The van der Waals surface area contributed by atoms with E-state index in [2.05, 4.69) is 0 Å². The second-order valence-electron chi connectivity index (χ2n) is 6.91. The van der Waals surface area contributed by atoms with Crippen molar-refractivity contribution in [2.24, 2.45) is 10.1 Å². The average Bonchev–Trinajstić information content (AvgIpc) is 3.13. The van der Waals surface area contributed by atoms with Crippen LogP contribution in [-0.2, 0) is 0 Å². The highest BCUT2D eigenvalue weighted by Crippen LogP contribution is 2.33. The third kappa shape index (κ3) is 4.79. The molecule has 0 atom stereocenters. The lowest BCUT2D eigenvalue weighted by molar-refractivity contribution is 0.395. The molecular formula is C23H26FN3O2S. The number of benzene rings is 2. The van der Waals surface area contributed by atoms with E-state index in [4.69, 9.17) is 19.6 Å². The number of rotatable bonds is 7. The Morgan fingerprint density at radius 3 is 2.43 bits per heavy atom. The molecule has 158 valence electrons. The third-order valence-electron chi connectivity index (χ3n) is 4.47. The second-order valence-corrected chi connectivity index (χ2v) is 7.75. The fourth-order valence-electron chi connectivity index (χ4n) is 3.00. The molecule has 0 saturated carbocycles. The first kappa shape index (κ1) is 21.8. The predicted molar refractivity (Wildman–Crippen MR) is 120 cm³/mol. The van der Waals surface area contributed by atoms with Crippen molar-refractivity contribution in [2.75, 3.05) is 14.2 Å². The fourth-order valence-corrected chi connectivity index (χ4v) is 3.95. The molecule has 0 saturated heterocycles. The molecule has 0 spiro atoms. The van der Waals surface area contributed by atoms with Gasteiger partial charge in [-0.05, 0) is 50.1 Å². The molecule has 2 aromatic carbocycles. The van der Waals surface area contributed by atoms with E-state index in [-0.39, 0.29) is 11.9 Å². The zero-order chi connectivity index (χ0) is 21.7. The van der Waals surface area contributed by atoms with Crippen LogP contribution in [0.15, 0.2) is 57.9 Å². The Morgan fingerprint density at radius 2 is 1.83 bits per heavy atom. The van der Waals surface area contributed by atoms with Crippen LogP contribution >= 0.6 is 11.3 Å². The van der Waals surface area contributed by atoms with E-state index in [9.17, 15) is 4.39 Å². The zero-order valence-corrected chi connectivity index (χ0v) is 18.7. The minimum absolute atomic E-state index is 0.117. The monoisotopic (exact) mass is 427 g/mol. The first-order chi connectivity index (χ1) is 14.5. The normalized spacial score (nSPS) is 12.5. The van der Waals surface area contributed by atoms with Gasteiger partial charge in [0.1, 0.15) is 17.3 Å². The minimum Gasteiger partial charge on any atom is -0.497 e. The molecular weight excluding hydrogens is 401 g/mol. The maximum absolute atomic E-state index is 13.4. The Bertz CT molecular complexity index is 1100. The molecule has 30 heavy (non-hydrogen) atoms. The van der Waals surface area contributed by atoms with Crippen LogP contribution in [0.3, 0.4) is 0 Å². The molecule has 3 rings (SSSR count). The standard InChI is InChI=1S/C23H26FN3O2S/c1-6-20(16-7-9-17(24)10-8-16)26-27-21(14-30-23(27)25-15(2)3)19-12-11-18(28-4)13-22(19)29-5/h7-15H,6H2,1-5H3. The number of methoxy groups -OCH3 is 2. The molecule has 3 aromatic rings. The molecule has 7 heteroatoms. The van der Waals surface area contributed by atoms with E-state index in [1.165, 1.54) is 23.5 Å². The first-order valence-electron chi connectivity index (χ1n) is 9.77. The van der Waals surface area contributed by atoms with Crippen molar-refractivity contribution in [1.82, 2.24) is 4.68 Å². The number of ether oxygens (including phenoxy) is 2. The van der Waals surface area contributed by atoms with E-state index in [0.29, 0.717) is 17.9 Å². The third-order valence-corrected chi connectivity index (χ3v) is 5.30. The summed E-state index contributed by atoms with van der Waals surface area (Å²) in [5.74, 6) is 1.14. The molecule has 0 radical (unpaired) electrons. The number of aromatic nitrogens is 1. The van der Waals surface area contributed by atoms with Crippen molar-refractivity contribution in [1.29, 1.82) is 0 Å². The molecule has 0 N–H and O–H groups in total. The van der Waals surface area contributed by atoms with Gasteiger partial charge in [-0.15, -0.1) is 11.3 Å². The number of hydrogen-bond acceptors (Lipinski definition) is 5. The summed E-state index contributed by atoms with van der Waals surface area (Å²) in [6, 6.07) is 12.2. The lowest BCUT2D eigenvalue weighted by Gasteiger charge is -2.12. The Hall–Kier alpha value is -2.93. The summed E-state index contributed by atoms with van der Waals surface area (Å²) in [6.07, 6.45) is 0.689. The average molecular weight is 428 g/mol. The Kier molecular flexibility index (Phi) is 7.05. The largest absolute Gasteiger partial charge is 0.497 e. The van der Waals surface area contributed by atoms with Crippen LogP contribution in [0.2, 0.25) is 0 Å². The second kappa shape index (κ2) is 9.71. The lowest BCUT2D eigenvalue weighted by Crippen LogP contribution is -2.17. The van der Waals surface area contributed by atoms with Gasteiger partial charge in [0.15, 0.2) is 0 Å². The number of nitrogens with zero attached hydrogens (tertiary/aromatic N) is 3. The minimum atomic E-state index is -0.267. The highest BCUT2D eigenvalue weighted by atomic mass is 32.1. The highest BCUT2D eigenvalue weighted by Gasteiger charge is 2.15. The van der Waals surface area contributed by atoms with Gasteiger partial charge < -0.3 is 9.47 Å². The van der Waals surface area contributed by atoms with E-state index in [0.717, 1.165) is 27.3 Å². The van der Waals surface area contributed by atoms with Gasteiger partial charge in [-0.2, -0.15) is 5.10 Å². The molecule has 0 fully saturated rings. The van der Waals surface area contributed by atoms with Crippen LogP contribution in [0.25, 0.3) is 11.3 Å². The maximum atomic E-state index is 13.4. The van der Waals surface area contributed by atoms with Crippen molar-refractivity contribution < 1.29 is 13.9 Å². The van der Waals surface area contributed by atoms with E-state index in [1.807, 2.05) is 49.0 Å². The molecule has 0 aliphatic rings. The van der Waals surface area contributed by atoms with Crippen LogP contribution in [0.1, 0.15) is 32.8 Å². The van der Waals surface area contributed by atoms with Crippen molar-refractivity contribution in [2.45, 2.75) is 33.2 Å². The predicted octanol–water partition coefficient (Wildman–Crippen LogP) is 5.34. The number of halogens is 1. The van der Waals surface area contributed by atoms with Gasteiger partial charge in [0.2, 0.25) is 4.80 Å². The summed E-state index contributed by atoms with van der Waals surface area (Å²) >= 11 is 1.52. The summed E-state index contributed by atoms with van der Waals surface area (Å²) < 4.78 is 26.2. The van der Waals surface area contributed by atoms with Crippen molar-refractivity contribution in [3.05, 3.63) is 64.0 Å². The quantitative estimate of drug-likeness (QED) is 0.478. The summed E-state index contributed by atoms with van der Waals surface area (Å²) in [7, 11) is 3.26. The molecule has 0 aliphatic carbocycles.